The highest BCUT2D eigenvalue weighted by molar-refractivity contribution is 7.89. The molecule has 9 nitrogen and oxygen atoms in total. The average Bonchev–Trinajstić information content (AvgIpc) is 3.19. The Labute approximate surface area is 138 Å². The van der Waals surface area contributed by atoms with Gasteiger partial charge in [-0.25, -0.2) is 13.1 Å². The van der Waals surface area contributed by atoms with E-state index >= 15 is 0 Å². The summed E-state index contributed by atoms with van der Waals surface area (Å²) in [4.78, 5) is 25.7. The van der Waals surface area contributed by atoms with Crippen LogP contribution in [0.4, 0.5) is 0 Å². The van der Waals surface area contributed by atoms with E-state index in [9.17, 15) is 23.1 Å². The largest absolute Gasteiger partial charge is 0.481 e. The summed E-state index contributed by atoms with van der Waals surface area (Å²) in [5.41, 5.74) is -1.01. The number of carboxylic acid groups (broad SMARTS) is 1. The summed E-state index contributed by atoms with van der Waals surface area (Å²) >= 11 is 0. The molecule has 3 heterocycles. The lowest BCUT2D eigenvalue weighted by Gasteiger charge is -2.33. The third-order valence-corrected chi connectivity index (χ3v) is 6.03. The third kappa shape index (κ3) is 2.60. The minimum Gasteiger partial charge on any atom is -0.481 e. The number of hydrogen-bond donors (Lipinski definition) is 2. The lowest BCUT2D eigenvalue weighted by atomic mass is 9.74. The Morgan fingerprint density at radius 2 is 2.17 bits per heavy atom. The summed E-state index contributed by atoms with van der Waals surface area (Å²) in [6, 6.07) is 2.47. The van der Waals surface area contributed by atoms with Gasteiger partial charge in [-0.3, -0.25) is 9.59 Å². The summed E-state index contributed by atoms with van der Waals surface area (Å²) in [5.74, 6) is -1.89. The van der Waals surface area contributed by atoms with Crippen LogP contribution in [0.2, 0.25) is 0 Å². The van der Waals surface area contributed by atoms with E-state index < -0.39 is 27.3 Å². The fraction of sp³-hybridized carbons (Fsp3) is 0.571. The number of furan rings is 1. The first-order valence-corrected chi connectivity index (χ1v) is 8.92. The van der Waals surface area contributed by atoms with Crippen molar-refractivity contribution >= 4 is 21.9 Å². The van der Waals surface area contributed by atoms with Gasteiger partial charge in [0.05, 0.1) is 12.0 Å². The SMILES string of the molecule is CNS(=O)(=O)c1ccc(C(=O)N2C[C@H]3COCC[C@@]3(C(=O)O)C2)o1. The summed E-state index contributed by atoms with van der Waals surface area (Å²) in [7, 11) is -2.55. The molecule has 2 N–H and O–H groups in total. The Morgan fingerprint density at radius 3 is 2.79 bits per heavy atom. The Kier molecular flexibility index (Phi) is 4.14. The number of likely N-dealkylation sites (tertiary alicyclic amines) is 1. The molecule has 2 atom stereocenters. The number of rotatable bonds is 4. The fourth-order valence-electron chi connectivity index (χ4n) is 3.29. The number of ether oxygens (including phenoxy) is 1. The molecular weight excluding hydrogens is 340 g/mol. The lowest BCUT2D eigenvalue weighted by molar-refractivity contribution is -0.157. The number of carboxylic acids is 1. The predicted molar refractivity (Wildman–Crippen MR) is 79.9 cm³/mol. The summed E-state index contributed by atoms with van der Waals surface area (Å²) in [6.07, 6.45) is 0.342. The molecule has 3 rings (SSSR count). The maximum Gasteiger partial charge on any atom is 0.311 e. The quantitative estimate of drug-likeness (QED) is 0.760. The van der Waals surface area contributed by atoms with Gasteiger partial charge in [0.25, 0.3) is 15.9 Å². The molecule has 1 aromatic rings. The van der Waals surface area contributed by atoms with Gasteiger partial charge >= 0.3 is 5.97 Å². The van der Waals surface area contributed by atoms with Gasteiger partial charge in [0.1, 0.15) is 0 Å². The highest BCUT2D eigenvalue weighted by Gasteiger charge is 2.55. The van der Waals surface area contributed by atoms with Crippen molar-refractivity contribution < 1.29 is 32.3 Å². The van der Waals surface area contributed by atoms with Crippen molar-refractivity contribution in [2.45, 2.75) is 11.5 Å². The Hall–Kier alpha value is -1.91. The third-order valence-electron chi connectivity index (χ3n) is 4.75. The Bertz CT molecular complexity index is 772. The molecule has 0 spiro atoms. The van der Waals surface area contributed by atoms with Gasteiger partial charge in [-0.15, -0.1) is 0 Å². The zero-order valence-corrected chi connectivity index (χ0v) is 13.8. The minimum atomic E-state index is -3.78. The second-order valence-corrected chi connectivity index (χ2v) is 7.81. The number of carbonyl (C=O) groups is 2. The number of nitrogens with one attached hydrogen (secondary N) is 1. The van der Waals surface area contributed by atoms with Crippen molar-refractivity contribution in [2.75, 3.05) is 33.4 Å². The van der Waals surface area contributed by atoms with E-state index in [1.54, 1.807) is 0 Å². The van der Waals surface area contributed by atoms with E-state index in [1.807, 2.05) is 0 Å². The molecule has 0 bridgehead atoms. The molecule has 0 aromatic carbocycles. The van der Waals surface area contributed by atoms with E-state index in [0.29, 0.717) is 13.0 Å². The van der Waals surface area contributed by atoms with Crippen molar-refractivity contribution in [1.29, 1.82) is 0 Å². The van der Waals surface area contributed by atoms with Gasteiger partial charge in [0, 0.05) is 25.6 Å². The van der Waals surface area contributed by atoms with Gasteiger partial charge in [0.2, 0.25) is 5.09 Å². The summed E-state index contributed by atoms with van der Waals surface area (Å²) < 4.78 is 35.9. The number of sulfonamides is 1. The van der Waals surface area contributed by atoms with Crippen molar-refractivity contribution in [3.8, 4) is 0 Å². The monoisotopic (exact) mass is 358 g/mol. The Balaban J connectivity index is 1.83. The molecule has 2 aliphatic heterocycles. The van der Waals surface area contributed by atoms with E-state index in [-0.39, 0.29) is 36.5 Å². The highest BCUT2D eigenvalue weighted by Crippen LogP contribution is 2.42. The molecular formula is C14H18N2O7S. The van der Waals surface area contributed by atoms with Gasteiger partial charge in [-0.1, -0.05) is 0 Å². The average molecular weight is 358 g/mol. The predicted octanol–water partition coefficient (Wildman–Crippen LogP) is -0.249. The van der Waals surface area contributed by atoms with Crippen LogP contribution in [0.5, 0.6) is 0 Å². The van der Waals surface area contributed by atoms with Crippen molar-refractivity contribution in [3.05, 3.63) is 17.9 Å². The molecule has 24 heavy (non-hydrogen) atoms. The molecule has 0 unspecified atom stereocenters. The smallest absolute Gasteiger partial charge is 0.311 e. The summed E-state index contributed by atoms with van der Waals surface area (Å²) in [5, 5.41) is 9.25. The van der Waals surface area contributed by atoms with Crippen LogP contribution in [-0.2, 0) is 19.6 Å². The van der Waals surface area contributed by atoms with E-state index in [4.69, 9.17) is 9.15 Å². The zero-order valence-electron chi connectivity index (χ0n) is 13.0. The van der Waals surface area contributed by atoms with Crippen LogP contribution in [0.15, 0.2) is 21.6 Å². The van der Waals surface area contributed by atoms with E-state index in [2.05, 4.69) is 4.72 Å². The number of fused-ring (bicyclic) bond motifs is 1. The van der Waals surface area contributed by atoms with Gasteiger partial charge in [-0.05, 0) is 25.6 Å². The standard InChI is InChI=1S/C14H18N2O7S/c1-15-24(20,21)11-3-2-10(23-11)12(17)16-6-9-7-22-5-4-14(9,8-16)13(18)19/h2-3,9,15H,4-8H2,1H3,(H,18,19)/t9-,14+/m0/s1. The maximum atomic E-state index is 12.6. The number of amides is 1. The molecule has 0 saturated carbocycles. The summed E-state index contributed by atoms with van der Waals surface area (Å²) in [6.45, 7) is 0.924. The van der Waals surface area contributed by atoms with Gasteiger partial charge in [0.15, 0.2) is 5.76 Å². The van der Waals surface area contributed by atoms with Crippen LogP contribution in [0.1, 0.15) is 17.0 Å². The minimum absolute atomic E-state index is 0.0595. The Morgan fingerprint density at radius 1 is 1.42 bits per heavy atom. The molecule has 0 aliphatic carbocycles. The molecule has 2 saturated heterocycles. The van der Waals surface area contributed by atoms with E-state index in [1.165, 1.54) is 24.1 Å². The molecule has 10 heteroatoms. The molecule has 0 radical (unpaired) electrons. The van der Waals surface area contributed by atoms with Gasteiger partial charge < -0.3 is 19.2 Å². The maximum absolute atomic E-state index is 12.6. The topological polar surface area (TPSA) is 126 Å². The zero-order chi connectivity index (χ0) is 17.5. The normalized spacial score (nSPS) is 27.0. The number of aliphatic carboxylic acids is 1. The first-order valence-electron chi connectivity index (χ1n) is 7.44. The molecule has 132 valence electrons. The first kappa shape index (κ1) is 16.9. The van der Waals surface area contributed by atoms with Crippen LogP contribution in [0.3, 0.4) is 0 Å². The van der Waals surface area contributed by atoms with Gasteiger partial charge in [-0.2, -0.15) is 0 Å². The van der Waals surface area contributed by atoms with Crippen molar-refractivity contribution in [2.24, 2.45) is 11.3 Å². The number of hydrogen-bond acceptors (Lipinski definition) is 6. The highest BCUT2D eigenvalue weighted by atomic mass is 32.2. The molecule has 2 fully saturated rings. The second-order valence-electron chi connectivity index (χ2n) is 6.00. The van der Waals surface area contributed by atoms with Crippen LogP contribution < -0.4 is 4.72 Å². The number of nitrogens with zero attached hydrogens (tertiary/aromatic N) is 1. The van der Waals surface area contributed by atoms with Crippen LogP contribution in [0.25, 0.3) is 0 Å². The number of carbonyl (C=O) groups excluding carboxylic acids is 1. The van der Waals surface area contributed by atoms with Crippen LogP contribution in [-0.4, -0.2) is 63.7 Å². The molecule has 1 aromatic heterocycles. The van der Waals surface area contributed by atoms with Crippen LogP contribution >= 0.6 is 0 Å². The lowest BCUT2D eigenvalue weighted by Crippen LogP contribution is -2.45. The van der Waals surface area contributed by atoms with Crippen LogP contribution in [0, 0.1) is 11.3 Å². The first-order chi connectivity index (χ1) is 11.3. The van der Waals surface area contributed by atoms with Crippen molar-refractivity contribution in [1.82, 2.24) is 9.62 Å². The van der Waals surface area contributed by atoms with Crippen molar-refractivity contribution in [3.63, 3.8) is 0 Å². The fourth-order valence-corrected chi connectivity index (χ4v) is 3.94. The molecule has 2 aliphatic rings. The second kappa shape index (κ2) is 5.87. The van der Waals surface area contributed by atoms with E-state index in [0.717, 1.165) is 0 Å². The molecule has 1 amide bonds.